The highest BCUT2D eigenvalue weighted by atomic mass is 19.1. The molecule has 4 nitrogen and oxygen atoms in total. The SMILES string of the molecule is CCCN(CC1CCCCN1)c1ccc(C(N)=O)cc1F. The van der Waals surface area contributed by atoms with Crippen LogP contribution in [0.4, 0.5) is 10.1 Å². The number of nitrogens with two attached hydrogens (primary N) is 1. The zero-order valence-electron chi connectivity index (χ0n) is 12.6. The molecule has 5 heteroatoms. The summed E-state index contributed by atoms with van der Waals surface area (Å²) in [5.74, 6) is -0.980. The van der Waals surface area contributed by atoms with Gasteiger partial charge >= 0.3 is 0 Å². The molecular weight excluding hydrogens is 269 g/mol. The van der Waals surface area contributed by atoms with E-state index in [0.717, 1.165) is 32.5 Å². The van der Waals surface area contributed by atoms with E-state index in [9.17, 15) is 9.18 Å². The first-order valence-corrected chi connectivity index (χ1v) is 7.69. The maximum atomic E-state index is 14.3. The second kappa shape index (κ2) is 7.41. The third kappa shape index (κ3) is 4.17. The summed E-state index contributed by atoms with van der Waals surface area (Å²) in [5.41, 5.74) is 5.95. The van der Waals surface area contributed by atoms with E-state index in [-0.39, 0.29) is 11.4 Å². The summed E-state index contributed by atoms with van der Waals surface area (Å²) in [7, 11) is 0. The molecule has 116 valence electrons. The Bertz CT molecular complexity index is 486. The summed E-state index contributed by atoms with van der Waals surface area (Å²) in [6, 6.07) is 4.89. The van der Waals surface area contributed by atoms with Crippen LogP contribution in [-0.2, 0) is 0 Å². The zero-order chi connectivity index (χ0) is 15.2. The number of nitrogens with one attached hydrogen (secondary N) is 1. The van der Waals surface area contributed by atoms with Gasteiger partial charge in [-0.3, -0.25) is 4.79 Å². The number of carbonyl (C=O) groups excluding carboxylic acids is 1. The van der Waals surface area contributed by atoms with E-state index >= 15 is 0 Å². The van der Waals surface area contributed by atoms with Crippen molar-refractivity contribution >= 4 is 11.6 Å². The largest absolute Gasteiger partial charge is 0.368 e. The summed E-state index contributed by atoms with van der Waals surface area (Å²) >= 11 is 0. The van der Waals surface area contributed by atoms with Gasteiger partial charge in [-0.25, -0.2) is 4.39 Å². The molecule has 1 aromatic carbocycles. The molecule has 1 heterocycles. The van der Waals surface area contributed by atoms with Crippen LogP contribution in [0, 0.1) is 5.82 Å². The van der Waals surface area contributed by atoms with Crippen LogP contribution in [0.3, 0.4) is 0 Å². The number of amides is 1. The highest BCUT2D eigenvalue weighted by Crippen LogP contribution is 2.22. The number of anilines is 1. The fourth-order valence-electron chi connectivity index (χ4n) is 2.84. The van der Waals surface area contributed by atoms with Gasteiger partial charge < -0.3 is 16.0 Å². The number of hydrogen-bond acceptors (Lipinski definition) is 3. The zero-order valence-corrected chi connectivity index (χ0v) is 12.6. The van der Waals surface area contributed by atoms with Crippen LogP contribution in [0.2, 0.25) is 0 Å². The molecule has 1 aliphatic heterocycles. The molecule has 1 aliphatic rings. The van der Waals surface area contributed by atoms with E-state index < -0.39 is 5.91 Å². The Morgan fingerprint density at radius 1 is 1.48 bits per heavy atom. The minimum absolute atomic E-state index is 0.212. The molecule has 1 aromatic rings. The summed E-state index contributed by atoms with van der Waals surface area (Å²) in [5, 5.41) is 3.49. The maximum Gasteiger partial charge on any atom is 0.248 e. The number of hydrogen-bond donors (Lipinski definition) is 2. The summed E-state index contributed by atoms with van der Waals surface area (Å²) < 4.78 is 14.3. The summed E-state index contributed by atoms with van der Waals surface area (Å²) in [6.07, 6.45) is 4.51. The number of rotatable bonds is 6. The molecule has 0 radical (unpaired) electrons. The molecule has 1 fully saturated rings. The van der Waals surface area contributed by atoms with Crippen LogP contribution in [0.25, 0.3) is 0 Å². The Balaban J connectivity index is 2.14. The van der Waals surface area contributed by atoms with E-state index in [0.29, 0.717) is 11.7 Å². The maximum absolute atomic E-state index is 14.3. The number of carbonyl (C=O) groups is 1. The van der Waals surface area contributed by atoms with Crippen LogP contribution in [0.5, 0.6) is 0 Å². The van der Waals surface area contributed by atoms with Gasteiger partial charge in [-0.05, 0) is 44.0 Å². The lowest BCUT2D eigenvalue weighted by molar-refractivity contribution is 0.1000. The molecule has 1 atom stereocenters. The smallest absolute Gasteiger partial charge is 0.248 e. The first-order valence-electron chi connectivity index (χ1n) is 7.69. The average Bonchev–Trinajstić information content (AvgIpc) is 2.48. The van der Waals surface area contributed by atoms with Crippen molar-refractivity contribution in [3.05, 3.63) is 29.6 Å². The minimum Gasteiger partial charge on any atom is -0.368 e. The predicted molar refractivity (Wildman–Crippen MR) is 83.1 cm³/mol. The summed E-state index contributed by atoms with van der Waals surface area (Å²) in [4.78, 5) is 13.2. The van der Waals surface area contributed by atoms with Gasteiger partial charge in [-0.1, -0.05) is 13.3 Å². The number of halogens is 1. The molecule has 0 bridgehead atoms. The third-order valence-corrected chi connectivity index (χ3v) is 3.92. The van der Waals surface area contributed by atoms with E-state index in [1.54, 1.807) is 12.1 Å². The van der Waals surface area contributed by atoms with Gasteiger partial charge in [0.25, 0.3) is 0 Å². The van der Waals surface area contributed by atoms with E-state index in [4.69, 9.17) is 5.73 Å². The molecule has 3 N–H and O–H groups in total. The van der Waals surface area contributed by atoms with Crippen molar-refractivity contribution in [3.8, 4) is 0 Å². The molecule has 1 amide bonds. The standard InChI is InChI=1S/C16H24FN3O/c1-2-9-20(11-13-5-3-4-8-19-13)15-7-6-12(16(18)21)10-14(15)17/h6-7,10,13,19H,2-5,8-9,11H2,1H3,(H2,18,21). The van der Waals surface area contributed by atoms with Gasteiger partial charge in [0.1, 0.15) is 5.82 Å². The third-order valence-electron chi connectivity index (χ3n) is 3.92. The van der Waals surface area contributed by atoms with Gasteiger partial charge in [0.15, 0.2) is 0 Å². The minimum atomic E-state index is -0.601. The van der Waals surface area contributed by atoms with Crippen molar-refractivity contribution < 1.29 is 9.18 Å². The topological polar surface area (TPSA) is 58.4 Å². The number of nitrogens with zero attached hydrogens (tertiary/aromatic N) is 1. The Morgan fingerprint density at radius 3 is 2.86 bits per heavy atom. The quantitative estimate of drug-likeness (QED) is 0.846. The molecule has 21 heavy (non-hydrogen) atoms. The lowest BCUT2D eigenvalue weighted by atomic mass is 10.0. The van der Waals surface area contributed by atoms with Gasteiger partial charge in [0.2, 0.25) is 5.91 Å². The van der Waals surface area contributed by atoms with Gasteiger partial charge in [-0.15, -0.1) is 0 Å². The van der Waals surface area contributed by atoms with E-state index in [1.165, 1.54) is 18.9 Å². The van der Waals surface area contributed by atoms with Crippen LogP contribution in [0.15, 0.2) is 18.2 Å². The second-order valence-corrected chi connectivity index (χ2v) is 5.62. The van der Waals surface area contributed by atoms with Crippen LogP contribution in [-0.4, -0.2) is 31.6 Å². The molecule has 0 aliphatic carbocycles. The fourth-order valence-corrected chi connectivity index (χ4v) is 2.84. The normalized spacial score (nSPS) is 18.5. The van der Waals surface area contributed by atoms with Crippen molar-refractivity contribution in [3.63, 3.8) is 0 Å². The second-order valence-electron chi connectivity index (χ2n) is 5.62. The van der Waals surface area contributed by atoms with Crippen LogP contribution in [0.1, 0.15) is 43.0 Å². The highest BCUT2D eigenvalue weighted by Gasteiger charge is 2.19. The van der Waals surface area contributed by atoms with Gasteiger partial charge in [0, 0.05) is 24.7 Å². The Morgan fingerprint density at radius 2 is 2.29 bits per heavy atom. The number of piperidine rings is 1. The Kier molecular flexibility index (Phi) is 5.56. The van der Waals surface area contributed by atoms with E-state index in [1.807, 2.05) is 0 Å². The van der Waals surface area contributed by atoms with Gasteiger partial charge in [0.05, 0.1) is 5.69 Å². The molecular formula is C16H24FN3O. The Hall–Kier alpha value is -1.62. The first kappa shape index (κ1) is 15.8. The van der Waals surface area contributed by atoms with Crippen molar-refractivity contribution in [1.29, 1.82) is 0 Å². The summed E-state index contributed by atoms with van der Waals surface area (Å²) in [6.45, 7) is 4.70. The van der Waals surface area contributed by atoms with Crippen LogP contribution < -0.4 is 16.0 Å². The highest BCUT2D eigenvalue weighted by molar-refractivity contribution is 5.93. The number of benzene rings is 1. The van der Waals surface area contributed by atoms with Crippen molar-refractivity contribution in [2.75, 3.05) is 24.5 Å². The number of primary amides is 1. The lowest BCUT2D eigenvalue weighted by Gasteiger charge is -2.32. The fraction of sp³-hybridized carbons (Fsp3) is 0.562. The molecule has 2 rings (SSSR count). The van der Waals surface area contributed by atoms with Crippen molar-refractivity contribution in [2.24, 2.45) is 5.73 Å². The first-order chi connectivity index (χ1) is 10.1. The van der Waals surface area contributed by atoms with E-state index in [2.05, 4.69) is 17.1 Å². The monoisotopic (exact) mass is 293 g/mol. The van der Waals surface area contributed by atoms with Gasteiger partial charge in [-0.2, -0.15) is 0 Å². The van der Waals surface area contributed by atoms with Crippen molar-refractivity contribution in [2.45, 2.75) is 38.6 Å². The molecule has 1 unspecified atom stereocenters. The Labute approximate surface area is 125 Å². The lowest BCUT2D eigenvalue weighted by Crippen LogP contribution is -2.44. The predicted octanol–water partition coefficient (Wildman–Crippen LogP) is 2.28. The van der Waals surface area contributed by atoms with Crippen molar-refractivity contribution in [1.82, 2.24) is 5.32 Å². The van der Waals surface area contributed by atoms with Crippen LogP contribution >= 0.6 is 0 Å². The molecule has 1 saturated heterocycles. The molecule has 0 aromatic heterocycles. The molecule has 0 spiro atoms. The average molecular weight is 293 g/mol. The molecule has 0 saturated carbocycles.